The molecular weight excluding hydrogens is 393 g/mol. The fourth-order valence-corrected chi connectivity index (χ4v) is 3.83. The number of halogens is 2. The quantitative estimate of drug-likeness (QED) is 0.691. The minimum atomic E-state index is -0.350. The van der Waals surface area contributed by atoms with E-state index < -0.39 is 0 Å². The predicted octanol–water partition coefficient (Wildman–Crippen LogP) is 3.51. The van der Waals surface area contributed by atoms with Gasteiger partial charge in [0.2, 0.25) is 5.91 Å². The molecule has 2 fully saturated rings. The lowest BCUT2D eigenvalue weighted by molar-refractivity contribution is -0.132. The molecule has 1 aliphatic heterocycles. The second kappa shape index (κ2) is 9.20. The Hall–Kier alpha value is -2.02. The van der Waals surface area contributed by atoms with Crippen molar-refractivity contribution in [2.75, 3.05) is 26.2 Å². The number of amides is 1. The van der Waals surface area contributed by atoms with Gasteiger partial charge in [0.15, 0.2) is 0 Å². The molecule has 0 N–H and O–H groups in total. The SMILES string of the molecule is O=C1CN(Cc2c(F)cccc2Cl)CC(OCC2CC2)CN1Cc1cccnc1. The maximum absolute atomic E-state index is 14.3. The highest BCUT2D eigenvalue weighted by molar-refractivity contribution is 6.31. The van der Waals surface area contributed by atoms with Gasteiger partial charge in [0.05, 0.1) is 12.6 Å². The topological polar surface area (TPSA) is 45.7 Å². The Morgan fingerprint density at radius 3 is 2.76 bits per heavy atom. The summed E-state index contributed by atoms with van der Waals surface area (Å²) in [6, 6.07) is 8.49. The number of benzene rings is 1. The van der Waals surface area contributed by atoms with Crippen molar-refractivity contribution >= 4 is 17.5 Å². The van der Waals surface area contributed by atoms with E-state index in [9.17, 15) is 9.18 Å². The molecule has 1 saturated heterocycles. The van der Waals surface area contributed by atoms with Gasteiger partial charge in [0.1, 0.15) is 5.82 Å². The Labute approximate surface area is 175 Å². The van der Waals surface area contributed by atoms with Crippen LogP contribution in [0, 0.1) is 11.7 Å². The van der Waals surface area contributed by atoms with Crippen molar-refractivity contribution in [3.05, 3.63) is 64.7 Å². The number of nitrogens with zero attached hydrogens (tertiary/aromatic N) is 3. The molecule has 29 heavy (non-hydrogen) atoms. The first-order chi connectivity index (χ1) is 14.1. The van der Waals surface area contributed by atoms with E-state index in [2.05, 4.69) is 4.98 Å². The van der Waals surface area contributed by atoms with Crippen LogP contribution in [0.2, 0.25) is 5.02 Å². The van der Waals surface area contributed by atoms with Gasteiger partial charge in [-0.3, -0.25) is 14.7 Å². The van der Waals surface area contributed by atoms with Crippen molar-refractivity contribution in [1.82, 2.24) is 14.8 Å². The van der Waals surface area contributed by atoms with Crippen molar-refractivity contribution in [2.24, 2.45) is 5.92 Å². The van der Waals surface area contributed by atoms with Crippen molar-refractivity contribution in [3.63, 3.8) is 0 Å². The van der Waals surface area contributed by atoms with Crippen molar-refractivity contribution in [1.29, 1.82) is 0 Å². The monoisotopic (exact) mass is 417 g/mol. The van der Waals surface area contributed by atoms with Gasteiger partial charge in [0, 0.05) is 55.8 Å². The van der Waals surface area contributed by atoms with E-state index in [4.69, 9.17) is 16.3 Å². The average molecular weight is 418 g/mol. The number of carbonyl (C=O) groups is 1. The molecule has 5 nitrogen and oxygen atoms in total. The number of ether oxygens (including phenoxy) is 1. The Morgan fingerprint density at radius 1 is 1.17 bits per heavy atom. The molecule has 154 valence electrons. The smallest absolute Gasteiger partial charge is 0.237 e. The second-order valence-electron chi connectivity index (χ2n) is 7.90. The van der Waals surface area contributed by atoms with Crippen LogP contribution in [0.15, 0.2) is 42.7 Å². The molecule has 1 aromatic carbocycles. The van der Waals surface area contributed by atoms with Gasteiger partial charge >= 0.3 is 0 Å². The van der Waals surface area contributed by atoms with E-state index in [0.717, 1.165) is 5.56 Å². The second-order valence-corrected chi connectivity index (χ2v) is 8.31. The summed E-state index contributed by atoms with van der Waals surface area (Å²) in [5, 5.41) is 0.379. The maximum atomic E-state index is 14.3. The molecule has 0 spiro atoms. The summed E-state index contributed by atoms with van der Waals surface area (Å²) in [5.74, 6) is 0.283. The molecule has 1 aliphatic carbocycles. The minimum Gasteiger partial charge on any atom is -0.375 e. The van der Waals surface area contributed by atoms with Crippen LogP contribution in [0.4, 0.5) is 4.39 Å². The first-order valence-electron chi connectivity index (χ1n) is 10.0. The molecular formula is C22H25ClFN3O2. The molecule has 2 aromatic rings. The van der Waals surface area contributed by atoms with Crippen LogP contribution in [0.3, 0.4) is 0 Å². The zero-order chi connectivity index (χ0) is 20.2. The Morgan fingerprint density at radius 2 is 2.03 bits per heavy atom. The molecule has 7 heteroatoms. The third kappa shape index (κ3) is 5.53. The predicted molar refractivity (Wildman–Crippen MR) is 109 cm³/mol. The van der Waals surface area contributed by atoms with E-state index in [0.29, 0.717) is 42.7 Å². The molecule has 2 heterocycles. The van der Waals surface area contributed by atoms with E-state index in [1.807, 2.05) is 21.9 Å². The zero-order valence-corrected chi connectivity index (χ0v) is 17.0. The van der Waals surface area contributed by atoms with Gasteiger partial charge in [-0.05, 0) is 42.5 Å². The normalized spacial score (nSPS) is 20.7. The molecule has 0 bridgehead atoms. The van der Waals surface area contributed by atoms with E-state index in [1.165, 1.54) is 18.9 Å². The minimum absolute atomic E-state index is 0.00108. The fraction of sp³-hybridized carbons (Fsp3) is 0.455. The summed E-state index contributed by atoms with van der Waals surface area (Å²) in [4.78, 5) is 20.9. The molecule has 1 unspecified atom stereocenters. The molecule has 0 radical (unpaired) electrons. The molecule has 1 saturated carbocycles. The van der Waals surface area contributed by atoms with Crippen molar-refractivity contribution < 1.29 is 13.9 Å². The van der Waals surface area contributed by atoms with Crippen molar-refractivity contribution in [3.8, 4) is 0 Å². The Kier molecular flexibility index (Phi) is 6.43. The summed E-state index contributed by atoms with van der Waals surface area (Å²) in [7, 11) is 0. The molecule has 1 amide bonds. The Balaban J connectivity index is 1.50. The summed E-state index contributed by atoms with van der Waals surface area (Å²) < 4.78 is 20.4. The van der Waals surface area contributed by atoms with Crippen LogP contribution in [0.5, 0.6) is 0 Å². The summed E-state index contributed by atoms with van der Waals surface area (Å²) >= 11 is 6.21. The molecule has 1 atom stereocenters. The lowest BCUT2D eigenvalue weighted by Gasteiger charge is -2.25. The third-order valence-corrected chi connectivity index (χ3v) is 5.76. The van der Waals surface area contributed by atoms with Gasteiger partial charge in [-0.15, -0.1) is 0 Å². The largest absolute Gasteiger partial charge is 0.375 e. The van der Waals surface area contributed by atoms with Gasteiger partial charge in [-0.25, -0.2) is 4.39 Å². The highest BCUT2D eigenvalue weighted by Crippen LogP contribution is 2.30. The van der Waals surface area contributed by atoms with Crippen LogP contribution in [-0.2, 0) is 22.6 Å². The van der Waals surface area contributed by atoms with E-state index >= 15 is 0 Å². The number of hydrogen-bond acceptors (Lipinski definition) is 4. The summed E-state index contributed by atoms with van der Waals surface area (Å²) in [5.41, 5.74) is 1.40. The van der Waals surface area contributed by atoms with E-state index in [-0.39, 0.29) is 30.9 Å². The Bertz CT molecular complexity index is 827. The van der Waals surface area contributed by atoms with Crippen LogP contribution in [0.1, 0.15) is 24.0 Å². The lowest BCUT2D eigenvalue weighted by atomic mass is 10.2. The molecule has 2 aliphatic rings. The van der Waals surface area contributed by atoms with Crippen LogP contribution >= 0.6 is 11.6 Å². The van der Waals surface area contributed by atoms with Gasteiger partial charge in [-0.1, -0.05) is 23.7 Å². The molecule has 4 rings (SSSR count). The highest BCUT2D eigenvalue weighted by atomic mass is 35.5. The number of aromatic nitrogens is 1. The van der Waals surface area contributed by atoms with Crippen LogP contribution < -0.4 is 0 Å². The van der Waals surface area contributed by atoms with Crippen LogP contribution in [-0.4, -0.2) is 53.0 Å². The van der Waals surface area contributed by atoms with Gasteiger partial charge in [-0.2, -0.15) is 0 Å². The third-order valence-electron chi connectivity index (χ3n) is 5.40. The van der Waals surface area contributed by atoms with Gasteiger partial charge in [0.25, 0.3) is 0 Å². The first kappa shape index (κ1) is 20.3. The maximum Gasteiger partial charge on any atom is 0.237 e. The fourth-order valence-electron chi connectivity index (χ4n) is 3.60. The zero-order valence-electron chi connectivity index (χ0n) is 16.3. The summed E-state index contributed by atoms with van der Waals surface area (Å²) in [6.07, 6.45) is 5.79. The molecule has 1 aromatic heterocycles. The van der Waals surface area contributed by atoms with Crippen molar-refractivity contribution in [2.45, 2.75) is 32.0 Å². The summed E-state index contributed by atoms with van der Waals surface area (Å²) in [6.45, 7) is 2.77. The number of hydrogen-bond donors (Lipinski definition) is 0. The van der Waals surface area contributed by atoms with Crippen LogP contribution in [0.25, 0.3) is 0 Å². The standard InChI is InChI=1S/C22H25ClFN3O2/c23-20-4-1-5-21(24)19(20)13-26-11-18(29-15-16-6-7-16)12-27(22(28)14-26)10-17-3-2-8-25-9-17/h1-5,8-9,16,18H,6-7,10-15H2. The van der Waals surface area contributed by atoms with Gasteiger partial charge < -0.3 is 9.64 Å². The first-order valence-corrected chi connectivity index (χ1v) is 10.4. The average Bonchev–Trinajstić information content (AvgIpc) is 3.54. The number of rotatable bonds is 7. The highest BCUT2D eigenvalue weighted by Gasteiger charge is 2.31. The number of carbonyl (C=O) groups excluding carboxylic acids is 1. The number of pyridine rings is 1. The lowest BCUT2D eigenvalue weighted by Crippen LogP contribution is -2.37. The van der Waals surface area contributed by atoms with E-state index in [1.54, 1.807) is 24.5 Å².